The minimum absolute atomic E-state index is 0.272. The molecule has 0 aliphatic heterocycles. The van der Waals surface area contributed by atoms with Gasteiger partial charge in [-0.15, -0.1) is 0 Å². The molecule has 0 aromatic heterocycles. The van der Waals surface area contributed by atoms with Gasteiger partial charge in [0.05, 0.1) is 0 Å². The number of benzene rings is 1. The van der Waals surface area contributed by atoms with E-state index in [0.717, 1.165) is 13.1 Å². The Labute approximate surface area is 90.4 Å². The van der Waals surface area contributed by atoms with Crippen LogP contribution in [0.4, 0.5) is 4.39 Å². The van der Waals surface area contributed by atoms with Crippen LogP contribution in [0.25, 0.3) is 0 Å². The van der Waals surface area contributed by atoms with Gasteiger partial charge >= 0.3 is 0 Å². The first-order valence-electron chi connectivity index (χ1n) is 5.19. The van der Waals surface area contributed by atoms with E-state index >= 15 is 0 Å². The quantitative estimate of drug-likeness (QED) is 0.808. The molecule has 3 heteroatoms. The van der Waals surface area contributed by atoms with Crippen molar-refractivity contribution in [3.05, 3.63) is 30.1 Å². The van der Waals surface area contributed by atoms with Crippen molar-refractivity contribution in [2.24, 2.45) is 0 Å². The molecular weight excluding hydrogens is 193 g/mol. The smallest absolute Gasteiger partial charge is 0.126 e. The second kappa shape index (κ2) is 5.12. The molecule has 1 N–H and O–H groups in total. The van der Waals surface area contributed by atoms with Crippen molar-refractivity contribution in [1.29, 1.82) is 0 Å². The second-order valence-corrected chi connectivity index (χ2v) is 4.10. The molecule has 0 saturated heterocycles. The van der Waals surface area contributed by atoms with E-state index in [-0.39, 0.29) is 11.4 Å². The first-order chi connectivity index (χ1) is 7.03. The average molecular weight is 211 g/mol. The first kappa shape index (κ1) is 12.0. The number of ether oxygens (including phenoxy) is 1. The summed E-state index contributed by atoms with van der Waals surface area (Å²) in [5.74, 6) is 0.296. The summed E-state index contributed by atoms with van der Waals surface area (Å²) in [6.07, 6.45) is 0. The number of hydrogen-bond acceptors (Lipinski definition) is 2. The fourth-order valence-corrected chi connectivity index (χ4v) is 1.31. The summed E-state index contributed by atoms with van der Waals surface area (Å²) in [7, 11) is 0. The third kappa shape index (κ3) is 4.30. The highest BCUT2D eigenvalue weighted by atomic mass is 19.1. The maximum Gasteiger partial charge on any atom is 0.126 e. The van der Waals surface area contributed by atoms with E-state index in [1.54, 1.807) is 12.1 Å². The zero-order valence-electron chi connectivity index (χ0n) is 9.51. The molecule has 0 aliphatic rings. The lowest BCUT2D eigenvalue weighted by Gasteiger charge is -2.26. The number of rotatable bonds is 5. The maximum atomic E-state index is 12.9. The summed E-state index contributed by atoms with van der Waals surface area (Å²) in [6.45, 7) is 7.62. The summed E-state index contributed by atoms with van der Waals surface area (Å²) in [6, 6.07) is 6.21. The van der Waals surface area contributed by atoms with E-state index in [1.165, 1.54) is 12.1 Å². The third-order valence-corrected chi connectivity index (χ3v) is 1.99. The Morgan fingerprint density at radius 1 is 1.40 bits per heavy atom. The largest absolute Gasteiger partial charge is 0.486 e. The van der Waals surface area contributed by atoms with Crippen molar-refractivity contribution in [3.63, 3.8) is 0 Å². The molecule has 0 unspecified atom stereocenters. The summed E-state index contributed by atoms with van der Waals surface area (Å²) >= 11 is 0. The molecule has 0 bridgehead atoms. The normalized spacial score (nSPS) is 11.5. The van der Waals surface area contributed by atoms with Crippen LogP contribution < -0.4 is 10.1 Å². The molecule has 0 heterocycles. The number of likely N-dealkylation sites (N-methyl/N-ethyl adjacent to an activating group) is 1. The fraction of sp³-hybridized carbons (Fsp3) is 0.500. The minimum Gasteiger partial charge on any atom is -0.486 e. The van der Waals surface area contributed by atoms with Crippen molar-refractivity contribution >= 4 is 0 Å². The van der Waals surface area contributed by atoms with Gasteiger partial charge < -0.3 is 10.1 Å². The van der Waals surface area contributed by atoms with Crippen molar-refractivity contribution in [3.8, 4) is 5.75 Å². The maximum absolute atomic E-state index is 12.9. The summed E-state index contributed by atoms with van der Waals surface area (Å²) in [5.41, 5.74) is -0.330. The van der Waals surface area contributed by atoms with E-state index in [1.807, 2.05) is 20.8 Å². The van der Waals surface area contributed by atoms with Gasteiger partial charge in [0.25, 0.3) is 0 Å². The molecular formula is C12H18FNO. The van der Waals surface area contributed by atoms with Crippen LogP contribution in [-0.4, -0.2) is 18.7 Å². The van der Waals surface area contributed by atoms with E-state index in [0.29, 0.717) is 5.75 Å². The molecule has 0 radical (unpaired) electrons. The highest BCUT2D eigenvalue weighted by molar-refractivity contribution is 5.23. The molecule has 1 rings (SSSR count). The van der Waals surface area contributed by atoms with Gasteiger partial charge in [-0.25, -0.2) is 4.39 Å². The lowest BCUT2D eigenvalue weighted by atomic mass is 10.1. The van der Waals surface area contributed by atoms with Gasteiger partial charge in [-0.2, -0.15) is 0 Å². The number of nitrogens with one attached hydrogen (secondary N) is 1. The van der Waals surface area contributed by atoms with E-state index in [4.69, 9.17) is 4.74 Å². The van der Waals surface area contributed by atoms with Crippen LogP contribution in [0.3, 0.4) is 0 Å². The fourth-order valence-electron chi connectivity index (χ4n) is 1.31. The Hall–Kier alpha value is -1.09. The molecule has 0 spiro atoms. The van der Waals surface area contributed by atoms with Crippen molar-refractivity contribution in [2.75, 3.05) is 13.1 Å². The molecule has 1 aromatic carbocycles. The van der Waals surface area contributed by atoms with Gasteiger partial charge in [0.15, 0.2) is 0 Å². The van der Waals surface area contributed by atoms with Crippen LogP contribution in [0.2, 0.25) is 0 Å². The standard InChI is InChI=1S/C12H18FNO/c1-4-14-9-12(2,3)15-11-7-5-6-10(13)8-11/h5-8,14H,4,9H2,1-3H3. The van der Waals surface area contributed by atoms with Crippen LogP contribution in [0, 0.1) is 5.82 Å². The van der Waals surface area contributed by atoms with Crippen LogP contribution in [0.5, 0.6) is 5.75 Å². The molecule has 2 nitrogen and oxygen atoms in total. The van der Waals surface area contributed by atoms with Crippen molar-refractivity contribution in [1.82, 2.24) is 5.32 Å². The molecule has 0 amide bonds. The van der Waals surface area contributed by atoms with E-state index < -0.39 is 0 Å². The average Bonchev–Trinajstić information content (AvgIpc) is 2.14. The predicted molar refractivity (Wildman–Crippen MR) is 59.7 cm³/mol. The lowest BCUT2D eigenvalue weighted by Crippen LogP contribution is -2.40. The zero-order valence-corrected chi connectivity index (χ0v) is 9.51. The summed E-state index contributed by atoms with van der Waals surface area (Å²) in [5, 5.41) is 3.20. The van der Waals surface area contributed by atoms with Crippen molar-refractivity contribution < 1.29 is 9.13 Å². The van der Waals surface area contributed by atoms with Gasteiger partial charge in [0.2, 0.25) is 0 Å². The Balaban J connectivity index is 2.60. The minimum atomic E-state index is -0.330. The van der Waals surface area contributed by atoms with Gasteiger partial charge in [-0.1, -0.05) is 13.0 Å². The van der Waals surface area contributed by atoms with Crippen molar-refractivity contribution in [2.45, 2.75) is 26.4 Å². The van der Waals surface area contributed by atoms with Crippen LogP contribution in [-0.2, 0) is 0 Å². The van der Waals surface area contributed by atoms with Gasteiger partial charge in [0, 0.05) is 12.6 Å². The first-order valence-corrected chi connectivity index (χ1v) is 5.19. The molecule has 0 saturated carbocycles. The van der Waals surface area contributed by atoms with E-state index in [9.17, 15) is 4.39 Å². The Morgan fingerprint density at radius 2 is 2.13 bits per heavy atom. The third-order valence-electron chi connectivity index (χ3n) is 1.99. The van der Waals surface area contributed by atoms with Gasteiger partial charge in [-0.05, 0) is 32.5 Å². The summed E-state index contributed by atoms with van der Waals surface area (Å²) < 4.78 is 18.6. The van der Waals surface area contributed by atoms with Crippen LogP contribution in [0.1, 0.15) is 20.8 Å². The monoisotopic (exact) mass is 211 g/mol. The van der Waals surface area contributed by atoms with E-state index in [2.05, 4.69) is 5.32 Å². The molecule has 15 heavy (non-hydrogen) atoms. The Kier molecular flexibility index (Phi) is 4.09. The second-order valence-electron chi connectivity index (χ2n) is 4.10. The topological polar surface area (TPSA) is 21.3 Å². The SMILES string of the molecule is CCNCC(C)(C)Oc1cccc(F)c1. The highest BCUT2D eigenvalue weighted by Crippen LogP contribution is 2.18. The Morgan fingerprint density at radius 3 is 2.73 bits per heavy atom. The van der Waals surface area contributed by atoms with Gasteiger partial charge in [0.1, 0.15) is 17.2 Å². The number of hydrogen-bond donors (Lipinski definition) is 1. The highest BCUT2D eigenvalue weighted by Gasteiger charge is 2.18. The number of halogens is 1. The molecule has 1 aromatic rings. The molecule has 84 valence electrons. The van der Waals surface area contributed by atoms with Crippen LogP contribution >= 0.6 is 0 Å². The van der Waals surface area contributed by atoms with Gasteiger partial charge in [-0.3, -0.25) is 0 Å². The lowest BCUT2D eigenvalue weighted by molar-refractivity contribution is 0.108. The van der Waals surface area contributed by atoms with Crippen LogP contribution in [0.15, 0.2) is 24.3 Å². The predicted octanol–water partition coefficient (Wildman–Crippen LogP) is 2.59. The molecule has 0 fully saturated rings. The molecule has 0 aliphatic carbocycles. The molecule has 0 atom stereocenters. The summed E-state index contributed by atoms with van der Waals surface area (Å²) in [4.78, 5) is 0. The zero-order chi connectivity index (χ0) is 11.3. The Bertz CT molecular complexity index is 312.